The van der Waals surface area contributed by atoms with Crippen LogP contribution in [0.3, 0.4) is 0 Å². The van der Waals surface area contributed by atoms with Gasteiger partial charge in [0.15, 0.2) is 5.82 Å². The van der Waals surface area contributed by atoms with Gasteiger partial charge in [-0.25, -0.2) is 9.97 Å². The molecule has 0 saturated carbocycles. The Morgan fingerprint density at radius 3 is 2.52 bits per heavy atom. The Bertz CT molecular complexity index is 987. The minimum Gasteiger partial charge on any atom is -0.353 e. The third-order valence-electron chi connectivity index (χ3n) is 4.76. The SMILES string of the molecule is O=CCN1CCN(c2nc(-c3ccccc3Cl)nc3cc(Cl)ccc23)CC1. The molecule has 7 heteroatoms. The second kappa shape index (κ2) is 7.80. The van der Waals surface area contributed by atoms with Crippen LogP contribution in [0.2, 0.25) is 10.0 Å². The molecule has 2 heterocycles. The van der Waals surface area contributed by atoms with Crippen LogP contribution in [-0.4, -0.2) is 53.9 Å². The molecule has 0 N–H and O–H groups in total. The summed E-state index contributed by atoms with van der Waals surface area (Å²) >= 11 is 12.6. The number of anilines is 1. The molecular weight excluding hydrogens is 383 g/mol. The van der Waals surface area contributed by atoms with Crippen molar-refractivity contribution in [3.8, 4) is 11.4 Å². The molecule has 4 rings (SSSR count). The van der Waals surface area contributed by atoms with E-state index >= 15 is 0 Å². The van der Waals surface area contributed by atoms with Crippen LogP contribution in [-0.2, 0) is 4.79 Å². The number of rotatable bonds is 4. The Morgan fingerprint density at radius 2 is 1.78 bits per heavy atom. The zero-order chi connectivity index (χ0) is 18.8. The van der Waals surface area contributed by atoms with Crippen LogP contribution in [0, 0.1) is 0 Å². The normalized spacial score (nSPS) is 15.3. The fraction of sp³-hybridized carbons (Fsp3) is 0.250. The van der Waals surface area contributed by atoms with Crippen molar-refractivity contribution in [1.29, 1.82) is 0 Å². The molecule has 5 nitrogen and oxygen atoms in total. The summed E-state index contributed by atoms with van der Waals surface area (Å²) in [6.45, 7) is 3.70. The van der Waals surface area contributed by atoms with E-state index in [9.17, 15) is 4.79 Å². The topological polar surface area (TPSA) is 49.3 Å². The summed E-state index contributed by atoms with van der Waals surface area (Å²) in [5.74, 6) is 1.46. The first-order valence-electron chi connectivity index (χ1n) is 8.79. The summed E-state index contributed by atoms with van der Waals surface area (Å²) in [6.07, 6.45) is 0.952. The van der Waals surface area contributed by atoms with Crippen molar-refractivity contribution in [2.45, 2.75) is 0 Å². The van der Waals surface area contributed by atoms with E-state index in [4.69, 9.17) is 33.2 Å². The molecule has 3 aromatic rings. The molecule has 1 aromatic heterocycles. The maximum Gasteiger partial charge on any atom is 0.163 e. The average Bonchev–Trinajstić information content (AvgIpc) is 2.68. The standard InChI is InChI=1S/C20H18Cl2N4O/c21-14-5-6-16-18(13-14)23-19(15-3-1-2-4-17(15)22)24-20(16)26-9-7-25(8-10-26)11-12-27/h1-6,12-13H,7-11H2. The second-order valence-corrected chi connectivity index (χ2v) is 7.31. The third kappa shape index (κ3) is 3.76. The number of hydrogen-bond acceptors (Lipinski definition) is 5. The molecule has 1 saturated heterocycles. The molecule has 0 amide bonds. The van der Waals surface area contributed by atoms with E-state index in [2.05, 4.69) is 9.80 Å². The zero-order valence-corrected chi connectivity index (χ0v) is 16.1. The van der Waals surface area contributed by atoms with Crippen molar-refractivity contribution >= 4 is 46.2 Å². The molecule has 0 spiro atoms. The molecule has 1 aliphatic heterocycles. The summed E-state index contributed by atoms with van der Waals surface area (Å²) in [5, 5.41) is 2.20. The number of halogens is 2. The van der Waals surface area contributed by atoms with Gasteiger partial charge in [-0.1, -0.05) is 35.3 Å². The highest BCUT2D eigenvalue weighted by atomic mass is 35.5. The van der Waals surface area contributed by atoms with E-state index < -0.39 is 0 Å². The van der Waals surface area contributed by atoms with Crippen LogP contribution in [0.25, 0.3) is 22.3 Å². The number of benzene rings is 2. The molecule has 138 valence electrons. The molecule has 1 fully saturated rings. The van der Waals surface area contributed by atoms with Crippen molar-refractivity contribution in [3.63, 3.8) is 0 Å². The minimum atomic E-state index is 0.471. The Labute approximate surface area is 167 Å². The maximum absolute atomic E-state index is 10.8. The number of aldehydes is 1. The van der Waals surface area contributed by atoms with E-state index in [0.717, 1.165) is 54.7 Å². The van der Waals surface area contributed by atoms with Crippen LogP contribution >= 0.6 is 23.2 Å². The molecule has 1 aliphatic rings. The first-order valence-corrected chi connectivity index (χ1v) is 9.54. The van der Waals surface area contributed by atoms with Crippen molar-refractivity contribution in [2.24, 2.45) is 0 Å². The molecule has 0 radical (unpaired) electrons. The molecule has 0 aliphatic carbocycles. The van der Waals surface area contributed by atoms with Gasteiger partial charge in [-0.05, 0) is 30.3 Å². The monoisotopic (exact) mass is 400 g/mol. The zero-order valence-electron chi connectivity index (χ0n) is 14.6. The van der Waals surface area contributed by atoms with E-state index in [1.165, 1.54) is 0 Å². The highest BCUT2D eigenvalue weighted by molar-refractivity contribution is 6.33. The van der Waals surface area contributed by atoms with E-state index in [0.29, 0.717) is 22.4 Å². The van der Waals surface area contributed by atoms with Gasteiger partial charge in [0.05, 0.1) is 17.1 Å². The highest BCUT2D eigenvalue weighted by Crippen LogP contribution is 2.32. The summed E-state index contributed by atoms with van der Waals surface area (Å²) < 4.78 is 0. The van der Waals surface area contributed by atoms with E-state index in [1.54, 1.807) is 0 Å². The predicted molar refractivity (Wildman–Crippen MR) is 110 cm³/mol. The Hall–Kier alpha value is -2.21. The number of nitrogens with zero attached hydrogens (tertiary/aromatic N) is 4. The van der Waals surface area contributed by atoms with Gasteiger partial charge >= 0.3 is 0 Å². The maximum atomic E-state index is 10.8. The van der Waals surface area contributed by atoms with Gasteiger partial charge < -0.3 is 9.69 Å². The van der Waals surface area contributed by atoms with Crippen LogP contribution in [0.1, 0.15) is 0 Å². The van der Waals surface area contributed by atoms with Crippen LogP contribution in [0.4, 0.5) is 5.82 Å². The molecular formula is C20H18Cl2N4O. The number of carbonyl (C=O) groups is 1. The Balaban J connectivity index is 1.79. The lowest BCUT2D eigenvalue weighted by atomic mass is 10.1. The van der Waals surface area contributed by atoms with Crippen LogP contribution < -0.4 is 4.90 Å². The van der Waals surface area contributed by atoms with Crippen LogP contribution in [0.15, 0.2) is 42.5 Å². The average molecular weight is 401 g/mol. The lowest BCUT2D eigenvalue weighted by molar-refractivity contribution is -0.108. The smallest absolute Gasteiger partial charge is 0.163 e. The van der Waals surface area contributed by atoms with Gasteiger partial charge in [0.25, 0.3) is 0 Å². The molecule has 27 heavy (non-hydrogen) atoms. The molecule has 0 unspecified atom stereocenters. The number of hydrogen-bond donors (Lipinski definition) is 0. The summed E-state index contributed by atoms with van der Waals surface area (Å²) in [6, 6.07) is 13.2. The quantitative estimate of drug-likeness (QED) is 0.621. The number of aromatic nitrogens is 2. The van der Waals surface area contributed by atoms with Gasteiger partial charge in [-0.15, -0.1) is 0 Å². The number of carbonyl (C=O) groups excluding carboxylic acids is 1. The van der Waals surface area contributed by atoms with Crippen molar-refractivity contribution in [1.82, 2.24) is 14.9 Å². The fourth-order valence-electron chi connectivity index (χ4n) is 3.34. The van der Waals surface area contributed by atoms with Gasteiger partial charge in [0, 0.05) is 42.2 Å². The van der Waals surface area contributed by atoms with Crippen LogP contribution in [0.5, 0.6) is 0 Å². The molecule has 0 bridgehead atoms. The Morgan fingerprint density at radius 1 is 1.00 bits per heavy atom. The second-order valence-electron chi connectivity index (χ2n) is 6.47. The Kier molecular flexibility index (Phi) is 5.25. The summed E-state index contributed by atoms with van der Waals surface area (Å²) in [5.41, 5.74) is 1.58. The van der Waals surface area contributed by atoms with E-state index in [1.807, 2.05) is 42.5 Å². The first-order chi connectivity index (χ1) is 13.2. The van der Waals surface area contributed by atoms with Gasteiger partial charge in [-0.3, -0.25) is 4.90 Å². The summed E-state index contributed by atoms with van der Waals surface area (Å²) in [7, 11) is 0. The molecule has 0 atom stereocenters. The van der Waals surface area contributed by atoms with Gasteiger partial charge in [-0.2, -0.15) is 0 Å². The third-order valence-corrected chi connectivity index (χ3v) is 5.32. The van der Waals surface area contributed by atoms with Crippen molar-refractivity contribution < 1.29 is 4.79 Å². The van der Waals surface area contributed by atoms with Gasteiger partial charge in [0.1, 0.15) is 12.1 Å². The molecule has 2 aromatic carbocycles. The summed E-state index contributed by atoms with van der Waals surface area (Å²) in [4.78, 5) is 24.7. The van der Waals surface area contributed by atoms with Gasteiger partial charge in [0.2, 0.25) is 0 Å². The predicted octanol–water partition coefficient (Wildman–Crippen LogP) is 3.92. The van der Waals surface area contributed by atoms with E-state index in [-0.39, 0.29) is 0 Å². The minimum absolute atomic E-state index is 0.471. The number of fused-ring (bicyclic) bond motifs is 1. The first kappa shape index (κ1) is 18.2. The lowest BCUT2D eigenvalue weighted by Crippen LogP contribution is -2.47. The highest BCUT2D eigenvalue weighted by Gasteiger charge is 2.21. The number of piperazine rings is 1. The largest absolute Gasteiger partial charge is 0.353 e. The fourth-order valence-corrected chi connectivity index (χ4v) is 3.72. The lowest BCUT2D eigenvalue weighted by Gasteiger charge is -2.35. The van der Waals surface area contributed by atoms with Crippen molar-refractivity contribution in [3.05, 3.63) is 52.5 Å². The van der Waals surface area contributed by atoms with Crippen molar-refractivity contribution in [2.75, 3.05) is 37.6 Å².